The summed E-state index contributed by atoms with van der Waals surface area (Å²) in [4.78, 5) is 0.174. The molecule has 0 radical (unpaired) electrons. The van der Waals surface area contributed by atoms with E-state index in [1.165, 1.54) is 0 Å². The average molecular weight is 208 g/mol. The maximum atomic E-state index is 8.57. The van der Waals surface area contributed by atoms with Gasteiger partial charge in [0.05, 0.1) is 11.2 Å². The van der Waals surface area contributed by atoms with E-state index in [1.807, 2.05) is 0 Å². The molecule has 0 aromatic rings. The van der Waals surface area contributed by atoms with Gasteiger partial charge in [-0.05, 0) is 0 Å². The van der Waals surface area contributed by atoms with Gasteiger partial charge in [0.25, 0.3) is 0 Å². The smallest absolute Gasteiger partial charge is 0.231 e. The van der Waals surface area contributed by atoms with Crippen molar-refractivity contribution < 1.29 is 14.6 Å². The number of aliphatic hydroxyl groups excluding tert-OH is 1. The van der Waals surface area contributed by atoms with E-state index in [-0.39, 0.29) is 28.4 Å². The Morgan fingerprint density at radius 2 is 2.17 bits per heavy atom. The van der Waals surface area contributed by atoms with Crippen molar-refractivity contribution in [3.63, 3.8) is 0 Å². The molecule has 12 heavy (non-hydrogen) atoms. The molecule has 0 aromatic carbocycles. The van der Waals surface area contributed by atoms with Crippen LogP contribution in [-0.4, -0.2) is 17.1 Å². The highest BCUT2D eigenvalue weighted by Gasteiger charge is 2.22. The average Bonchev–Trinajstić information content (AvgIpc) is 2.50. The normalized spacial score (nSPS) is 17.3. The fourth-order valence-corrected chi connectivity index (χ4v) is 0.997. The van der Waals surface area contributed by atoms with Gasteiger partial charge in [0.15, 0.2) is 10.9 Å². The summed E-state index contributed by atoms with van der Waals surface area (Å²) < 4.78 is 9.76. The molecule has 0 aliphatic carbocycles. The third-order valence-corrected chi connectivity index (χ3v) is 1.66. The first-order chi connectivity index (χ1) is 5.66. The molecule has 1 heterocycles. The summed E-state index contributed by atoms with van der Waals surface area (Å²) >= 11 is 9.23. The highest BCUT2D eigenvalue weighted by atomic mass is 35.5. The molecule has 66 valence electrons. The van der Waals surface area contributed by atoms with Crippen LogP contribution in [0.3, 0.4) is 0 Å². The Kier molecular flexibility index (Phi) is 2.88. The summed E-state index contributed by atoms with van der Waals surface area (Å²) in [6.07, 6.45) is 0.743. The SMILES string of the molecule is N=C(Cl)C1=C(/C(S)=C\O)OCO1. The van der Waals surface area contributed by atoms with Crippen molar-refractivity contribution in [2.75, 3.05) is 6.79 Å². The topological polar surface area (TPSA) is 62.5 Å². The minimum absolute atomic E-state index is 0.0162. The second-order valence-corrected chi connectivity index (χ2v) is 2.75. The molecule has 0 saturated carbocycles. The number of allylic oxidation sites excluding steroid dienone is 1. The summed E-state index contributed by atoms with van der Waals surface area (Å²) in [6, 6.07) is 0. The molecule has 2 N–H and O–H groups in total. The molecule has 0 aromatic heterocycles. The molecule has 0 spiro atoms. The van der Waals surface area contributed by atoms with Crippen molar-refractivity contribution in [3.8, 4) is 0 Å². The highest BCUT2D eigenvalue weighted by Crippen LogP contribution is 2.26. The molecule has 0 fully saturated rings. The molecule has 1 rings (SSSR count). The molecule has 0 saturated heterocycles. The molecular formula is C6H6ClNO3S. The second-order valence-electron chi connectivity index (χ2n) is 1.89. The lowest BCUT2D eigenvalue weighted by atomic mass is 10.4. The zero-order valence-electron chi connectivity index (χ0n) is 5.87. The standard InChI is InChI=1S/C6H6ClNO3S/c7-6(8)5-4(3(12)1-9)10-2-11-5/h1,8-9,12H,2H2/b3-1+,8-6?. The minimum Gasteiger partial charge on any atom is -0.514 e. The van der Waals surface area contributed by atoms with E-state index in [9.17, 15) is 0 Å². The van der Waals surface area contributed by atoms with Crippen LogP contribution in [0.2, 0.25) is 0 Å². The van der Waals surface area contributed by atoms with Gasteiger partial charge in [0, 0.05) is 0 Å². The van der Waals surface area contributed by atoms with E-state index in [4.69, 9.17) is 31.6 Å². The van der Waals surface area contributed by atoms with Crippen LogP contribution in [0.4, 0.5) is 0 Å². The summed E-state index contributed by atoms with van der Waals surface area (Å²) in [7, 11) is 0. The first-order valence-electron chi connectivity index (χ1n) is 2.95. The number of rotatable bonds is 2. The molecule has 6 heteroatoms. The lowest BCUT2D eigenvalue weighted by molar-refractivity contribution is 0.0792. The number of ether oxygens (including phenoxy) is 2. The maximum Gasteiger partial charge on any atom is 0.231 e. The van der Waals surface area contributed by atoms with Gasteiger partial charge in [0.1, 0.15) is 0 Å². The summed E-state index contributed by atoms with van der Waals surface area (Å²) in [6.45, 7) is -0.0162. The van der Waals surface area contributed by atoms with Gasteiger partial charge in [0.2, 0.25) is 12.6 Å². The molecule has 1 aliphatic heterocycles. The number of hydrogen-bond acceptors (Lipinski definition) is 5. The Morgan fingerprint density at radius 3 is 2.67 bits per heavy atom. The first-order valence-corrected chi connectivity index (χ1v) is 3.77. The van der Waals surface area contributed by atoms with Gasteiger partial charge in [-0.15, -0.1) is 12.6 Å². The van der Waals surface area contributed by atoms with Crippen LogP contribution in [-0.2, 0) is 9.47 Å². The van der Waals surface area contributed by atoms with Crippen molar-refractivity contribution in [1.29, 1.82) is 5.41 Å². The van der Waals surface area contributed by atoms with Crippen molar-refractivity contribution in [1.82, 2.24) is 0 Å². The second kappa shape index (κ2) is 3.73. The quantitative estimate of drug-likeness (QED) is 0.367. The number of thiol groups is 1. The van der Waals surface area contributed by atoms with Crippen LogP contribution >= 0.6 is 24.2 Å². The molecule has 1 aliphatic rings. The minimum atomic E-state index is -0.282. The predicted octanol–water partition coefficient (Wildman–Crippen LogP) is 1.75. The molecule has 0 amide bonds. The van der Waals surface area contributed by atoms with E-state index in [0.717, 1.165) is 6.26 Å². The Balaban J connectivity index is 2.99. The number of nitrogens with one attached hydrogen (secondary N) is 1. The zero-order chi connectivity index (χ0) is 9.14. The van der Waals surface area contributed by atoms with Gasteiger partial charge in [-0.1, -0.05) is 11.6 Å². The number of hydrogen-bond donors (Lipinski definition) is 3. The molecule has 0 bridgehead atoms. The molecular weight excluding hydrogens is 202 g/mol. The molecule has 0 unspecified atom stereocenters. The molecule has 0 atom stereocenters. The van der Waals surface area contributed by atoms with Gasteiger partial charge in [-0.25, -0.2) is 0 Å². The van der Waals surface area contributed by atoms with Crippen LogP contribution in [0.15, 0.2) is 22.7 Å². The summed E-state index contributed by atoms with van der Waals surface area (Å²) in [5.41, 5.74) is 0. The Bertz CT molecular complexity index is 274. The van der Waals surface area contributed by atoms with E-state index in [0.29, 0.717) is 0 Å². The van der Waals surface area contributed by atoms with Gasteiger partial charge >= 0.3 is 0 Å². The predicted molar refractivity (Wildman–Crippen MR) is 47.3 cm³/mol. The van der Waals surface area contributed by atoms with Crippen molar-refractivity contribution in [2.45, 2.75) is 0 Å². The third-order valence-electron chi connectivity index (χ3n) is 1.17. The van der Waals surface area contributed by atoms with Gasteiger partial charge in [-0.3, -0.25) is 5.41 Å². The fourth-order valence-electron chi connectivity index (χ4n) is 0.690. The summed E-state index contributed by atoms with van der Waals surface area (Å²) in [5, 5.41) is 15.3. The maximum absolute atomic E-state index is 8.57. The van der Waals surface area contributed by atoms with Crippen molar-refractivity contribution in [3.05, 3.63) is 22.7 Å². The first kappa shape index (κ1) is 9.28. The van der Waals surface area contributed by atoms with Crippen LogP contribution in [0.1, 0.15) is 0 Å². The van der Waals surface area contributed by atoms with Crippen LogP contribution in [0.5, 0.6) is 0 Å². The Morgan fingerprint density at radius 1 is 1.58 bits per heavy atom. The third kappa shape index (κ3) is 1.67. The summed E-state index contributed by atoms with van der Waals surface area (Å²) in [5.74, 6) is 0.271. The zero-order valence-corrected chi connectivity index (χ0v) is 7.52. The van der Waals surface area contributed by atoms with Crippen molar-refractivity contribution in [2.24, 2.45) is 0 Å². The van der Waals surface area contributed by atoms with E-state index < -0.39 is 0 Å². The molecule has 4 nitrogen and oxygen atoms in total. The largest absolute Gasteiger partial charge is 0.514 e. The van der Waals surface area contributed by atoms with E-state index in [2.05, 4.69) is 12.6 Å². The number of aliphatic hydroxyl groups is 1. The van der Waals surface area contributed by atoms with Crippen LogP contribution < -0.4 is 0 Å². The fraction of sp³-hybridized carbons (Fsp3) is 0.167. The van der Waals surface area contributed by atoms with Crippen molar-refractivity contribution >= 4 is 29.4 Å². The Hall–Kier alpha value is -0.810. The van der Waals surface area contributed by atoms with Crippen LogP contribution in [0, 0.1) is 5.41 Å². The lowest BCUT2D eigenvalue weighted by Gasteiger charge is -1.98. The van der Waals surface area contributed by atoms with Gasteiger partial charge in [-0.2, -0.15) is 0 Å². The monoisotopic (exact) mass is 207 g/mol. The van der Waals surface area contributed by atoms with E-state index >= 15 is 0 Å². The van der Waals surface area contributed by atoms with Gasteiger partial charge < -0.3 is 14.6 Å². The van der Waals surface area contributed by atoms with E-state index in [1.54, 1.807) is 0 Å². The van der Waals surface area contributed by atoms with Crippen LogP contribution in [0.25, 0.3) is 0 Å². The lowest BCUT2D eigenvalue weighted by Crippen LogP contribution is -1.95. The highest BCUT2D eigenvalue weighted by molar-refractivity contribution is 7.84. The Labute approximate surface area is 79.3 Å². The number of halogens is 1.